The van der Waals surface area contributed by atoms with Gasteiger partial charge in [0.2, 0.25) is 6.79 Å². The van der Waals surface area contributed by atoms with E-state index in [0.29, 0.717) is 13.3 Å². The van der Waals surface area contributed by atoms with Gasteiger partial charge >= 0.3 is 0 Å². The molecule has 6 heteroatoms. The molecule has 0 amide bonds. The summed E-state index contributed by atoms with van der Waals surface area (Å²) in [7, 11) is 0. The van der Waals surface area contributed by atoms with Crippen LogP contribution in [0.15, 0.2) is 53.5 Å². The minimum Gasteiger partial charge on any atom is -0.490 e. The lowest BCUT2D eigenvalue weighted by Gasteiger charge is -2.34. The molecule has 0 atom stereocenters. The summed E-state index contributed by atoms with van der Waals surface area (Å²) in [5.41, 5.74) is 1.11. The van der Waals surface area contributed by atoms with Gasteiger partial charge in [-0.2, -0.15) is 0 Å². The third kappa shape index (κ3) is 4.50. The zero-order valence-electron chi connectivity index (χ0n) is 16.3. The van der Waals surface area contributed by atoms with Gasteiger partial charge in [0.1, 0.15) is 11.9 Å². The zero-order valence-corrected chi connectivity index (χ0v) is 16.3. The van der Waals surface area contributed by atoms with Gasteiger partial charge in [-0.1, -0.05) is 24.3 Å². The number of fused-ring (bicyclic) bond motifs is 1. The molecule has 2 aliphatic heterocycles. The summed E-state index contributed by atoms with van der Waals surface area (Å²) in [6.45, 7) is 5.72. The lowest BCUT2D eigenvalue weighted by atomic mass is 10.1. The van der Waals surface area contributed by atoms with Gasteiger partial charge in [0.15, 0.2) is 17.5 Å². The Bertz CT molecular complexity index is 802. The van der Waals surface area contributed by atoms with Crippen molar-refractivity contribution in [3.63, 3.8) is 0 Å². The molecular formula is C22H27N3O3. The van der Waals surface area contributed by atoms with E-state index >= 15 is 0 Å². The first-order valence-corrected chi connectivity index (χ1v) is 9.95. The van der Waals surface area contributed by atoms with E-state index in [1.165, 1.54) is 0 Å². The summed E-state index contributed by atoms with van der Waals surface area (Å²) in [5, 5.41) is 3.42. The molecule has 0 spiro atoms. The first kappa shape index (κ1) is 18.5. The number of aliphatic imine (C=N–C) groups is 1. The third-order valence-corrected chi connectivity index (χ3v) is 4.97. The molecule has 1 N–H and O–H groups in total. The van der Waals surface area contributed by atoms with E-state index in [-0.39, 0.29) is 6.10 Å². The van der Waals surface area contributed by atoms with E-state index in [1.54, 1.807) is 0 Å². The topological polar surface area (TPSA) is 55.3 Å². The van der Waals surface area contributed by atoms with Crippen LogP contribution in [0.25, 0.3) is 0 Å². The average molecular weight is 381 g/mol. The van der Waals surface area contributed by atoms with Crippen molar-refractivity contribution >= 4 is 5.96 Å². The highest BCUT2D eigenvalue weighted by molar-refractivity contribution is 5.80. The highest BCUT2D eigenvalue weighted by Crippen LogP contribution is 2.32. The number of nitrogens with one attached hydrogen (secondary N) is 1. The fourth-order valence-corrected chi connectivity index (χ4v) is 3.51. The van der Waals surface area contributed by atoms with Crippen molar-refractivity contribution in [2.24, 2.45) is 4.99 Å². The number of benzene rings is 2. The molecule has 2 aliphatic rings. The fraction of sp³-hybridized carbons (Fsp3) is 0.409. The molecule has 0 bridgehead atoms. The van der Waals surface area contributed by atoms with E-state index < -0.39 is 0 Å². The van der Waals surface area contributed by atoms with Crippen molar-refractivity contribution in [2.45, 2.75) is 32.4 Å². The van der Waals surface area contributed by atoms with Gasteiger partial charge in [-0.05, 0) is 36.8 Å². The molecule has 2 heterocycles. The van der Waals surface area contributed by atoms with Crippen molar-refractivity contribution in [1.29, 1.82) is 0 Å². The van der Waals surface area contributed by atoms with Gasteiger partial charge in [-0.3, -0.25) is 0 Å². The smallest absolute Gasteiger partial charge is 0.231 e. The fourth-order valence-electron chi connectivity index (χ4n) is 3.51. The van der Waals surface area contributed by atoms with E-state index in [9.17, 15) is 0 Å². The van der Waals surface area contributed by atoms with Crippen LogP contribution in [0.4, 0.5) is 0 Å². The van der Waals surface area contributed by atoms with Crippen molar-refractivity contribution in [2.75, 3.05) is 26.4 Å². The van der Waals surface area contributed by atoms with Crippen LogP contribution in [0, 0.1) is 0 Å². The number of guanidine groups is 1. The highest BCUT2D eigenvalue weighted by Gasteiger charge is 2.22. The number of hydrogen-bond donors (Lipinski definition) is 1. The maximum absolute atomic E-state index is 6.10. The molecule has 28 heavy (non-hydrogen) atoms. The molecule has 6 nitrogen and oxygen atoms in total. The maximum Gasteiger partial charge on any atom is 0.231 e. The number of ether oxygens (including phenoxy) is 3. The van der Waals surface area contributed by atoms with Crippen LogP contribution in [0.1, 0.15) is 25.3 Å². The van der Waals surface area contributed by atoms with Gasteiger partial charge in [-0.25, -0.2) is 4.99 Å². The second-order valence-corrected chi connectivity index (χ2v) is 6.98. The van der Waals surface area contributed by atoms with Gasteiger partial charge in [0.05, 0.1) is 6.54 Å². The SMILES string of the molecule is CCNC(=NCc1ccc2c(c1)OCO2)N1CCC(Oc2ccccc2)CC1. The summed E-state index contributed by atoms with van der Waals surface area (Å²) in [6, 6.07) is 16.1. The van der Waals surface area contributed by atoms with Crippen LogP contribution < -0.4 is 19.5 Å². The van der Waals surface area contributed by atoms with Crippen molar-refractivity contribution in [1.82, 2.24) is 10.2 Å². The third-order valence-electron chi connectivity index (χ3n) is 4.97. The Morgan fingerprint density at radius 2 is 1.89 bits per heavy atom. The van der Waals surface area contributed by atoms with E-state index in [2.05, 4.69) is 17.1 Å². The van der Waals surface area contributed by atoms with Crippen LogP contribution in [-0.2, 0) is 6.54 Å². The Balaban J connectivity index is 1.35. The molecule has 4 rings (SSSR count). The van der Waals surface area contributed by atoms with Crippen molar-refractivity contribution < 1.29 is 14.2 Å². The monoisotopic (exact) mass is 381 g/mol. The zero-order chi connectivity index (χ0) is 19.2. The second kappa shape index (κ2) is 8.87. The Labute approximate surface area is 166 Å². The summed E-state index contributed by atoms with van der Waals surface area (Å²) in [4.78, 5) is 7.16. The van der Waals surface area contributed by atoms with Gasteiger partial charge in [0.25, 0.3) is 0 Å². The predicted molar refractivity (Wildman–Crippen MR) is 109 cm³/mol. The summed E-state index contributed by atoms with van der Waals surface area (Å²) in [6.07, 6.45) is 2.24. The Morgan fingerprint density at radius 1 is 1.11 bits per heavy atom. The molecule has 1 fully saturated rings. The molecule has 1 saturated heterocycles. The standard InChI is InChI=1S/C22H27N3O3/c1-2-23-22(24-15-17-8-9-20-21(14-17)27-16-26-20)25-12-10-19(11-13-25)28-18-6-4-3-5-7-18/h3-9,14,19H,2,10-13,15-16H2,1H3,(H,23,24). The minimum absolute atomic E-state index is 0.260. The number of rotatable bonds is 5. The molecule has 0 saturated carbocycles. The lowest BCUT2D eigenvalue weighted by molar-refractivity contribution is 0.129. The van der Waals surface area contributed by atoms with Gasteiger partial charge in [-0.15, -0.1) is 0 Å². The summed E-state index contributed by atoms with van der Waals surface area (Å²) >= 11 is 0. The molecule has 0 unspecified atom stereocenters. The molecule has 148 valence electrons. The van der Waals surface area contributed by atoms with Crippen LogP contribution in [0.3, 0.4) is 0 Å². The maximum atomic E-state index is 6.10. The largest absolute Gasteiger partial charge is 0.490 e. The average Bonchev–Trinajstić information content (AvgIpc) is 3.20. The number of hydrogen-bond acceptors (Lipinski definition) is 4. The normalized spacial score (nSPS) is 16.9. The quantitative estimate of drug-likeness (QED) is 0.635. The first-order chi connectivity index (χ1) is 13.8. The predicted octanol–water partition coefficient (Wildman–Crippen LogP) is 3.42. The number of likely N-dealkylation sites (tertiary alicyclic amines) is 1. The van der Waals surface area contributed by atoms with Gasteiger partial charge < -0.3 is 24.4 Å². The Morgan fingerprint density at radius 3 is 2.68 bits per heavy atom. The van der Waals surface area contributed by atoms with Crippen LogP contribution in [0.2, 0.25) is 0 Å². The van der Waals surface area contributed by atoms with E-state index in [4.69, 9.17) is 19.2 Å². The summed E-state index contributed by atoms with van der Waals surface area (Å²) < 4.78 is 16.9. The Hall–Kier alpha value is -2.89. The van der Waals surface area contributed by atoms with Crippen molar-refractivity contribution in [3.8, 4) is 17.2 Å². The molecule has 2 aromatic carbocycles. The lowest BCUT2D eigenvalue weighted by Crippen LogP contribution is -2.47. The molecule has 0 aromatic heterocycles. The van der Waals surface area contributed by atoms with Crippen LogP contribution >= 0.6 is 0 Å². The van der Waals surface area contributed by atoms with Gasteiger partial charge in [0, 0.05) is 32.5 Å². The Kier molecular flexibility index (Phi) is 5.85. The number of piperidine rings is 1. The minimum atomic E-state index is 0.260. The number of nitrogens with zero attached hydrogens (tertiary/aromatic N) is 2. The molecule has 0 aliphatic carbocycles. The van der Waals surface area contributed by atoms with E-state index in [0.717, 1.165) is 61.2 Å². The summed E-state index contributed by atoms with van der Waals surface area (Å²) in [5.74, 6) is 3.51. The molecular weight excluding hydrogens is 354 g/mol. The second-order valence-electron chi connectivity index (χ2n) is 6.98. The van der Waals surface area contributed by atoms with Crippen LogP contribution in [0.5, 0.6) is 17.2 Å². The molecule has 2 aromatic rings. The highest BCUT2D eigenvalue weighted by atomic mass is 16.7. The molecule has 0 radical (unpaired) electrons. The van der Waals surface area contributed by atoms with Crippen LogP contribution in [-0.4, -0.2) is 43.4 Å². The number of para-hydroxylation sites is 1. The van der Waals surface area contributed by atoms with Crippen molar-refractivity contribution in [3.05, 3.63) is 54.1 Å². The van der Waals surface area contributed by atoms with E-state index in [1.807, 2.05) is 48.5 Å². The first-order valence-electron chi connectivity index (χ1n) is 9.95.